The Labute approximate surface area is 68.9 Å². The summed E-state index contributed by atoms with van der Waals surface area (Å²) >= 11 is 0. The molecule has 0 aromatic carbocycles. The van der Waals surface area contributed by atoms with Gasteiger partial charge in [-0.25, -0.2) is 0 Å². The van der Waals surface area contributed by atoms with Crippen LogP contribution in [0.5, 0.6) is 0 Å². The van der Waals surface area contributed by atoms with Gasteiger partial charge >= 0.3 is 5.97 Å². The van der Waals surface area contributed by atoms with Gasteiger partial charge in [-0.2, -0.15) is 0 Å². The van der Waals surface area contributed by atoms with Crippen molar-refractivity contribution < 1.29 is 9.53 Å². The van der Waals surface area contributed by atoms with Gasteiger partial charge in [0.25, 0.3) is 0 Å². The maximum absolute atomic E-state index is 10.7. The van der Waals surface area contributed by atoms with E-state index < -0.39 is 0 Å². The minimum atomic E-state index is -0.203. The van der Waals surface area contributed by atoms with Crippen molar-refractivity contribution in [3.63, 3.8) is 0 Å². The molecule has 0 atom stereocenters. The molecule has 0 radical (unpaired) electrons. The molecule has 66 valence electrons. The molecule has 0 unspecified atom stereocenters. The van der Waals surface area contributed by atoms with E-state index in [9.17, 15) is 4.79 Å². The zero-order chi connectivity index (χ0) is 8.91. The molecule has 0 aliphatic rings. The van der Waals surface area contributed by atoms with Crippen molar-refractivity contribution in [3.05, 3.63) is 0 Å². The Kier molecular flexibility index (Phi) is 4.16. The normalized spacial score (nSPS) is 11.3. The fraction of sp³-hybridized carbons (Fsp3) is 0.889. The van der Waals surface area contributed by atoms with E-state index in [4.69, 9.17) is 4.74 Å². The van der Waals surface area contributed by atoms with E-state index >= 15 is 0 Å². The fourth-order valence-electron chi connectivity index (χ4n) is 1.27. The average molecular weight is 158 g/mol. The summed E-state index contributed by atoms with van der Waals surface area (Å²) in [4.78, 5) is 10.7. The Morgan fingerprint density at radius 3 is 1.64 bits per heavy atom. The Hall–Kier alpha value is -0.530. The lowest BCUT2D eigenvalue weighted by Gasteiger charge is -2.29. The molecule has 2 heteroatoms. The Bertz CT molecular complexity index is 117. The standard InChI is InChI=1S/C9H18O2/c1-5-9(6-2,7-3)11-8(4)10/h5-7H2,1-4H3. The lowest BCUT2D eigenvalue weighted by Crippen LogP contribution is -2.32. The number of rotatable bonds is 4. The van der Waals surface area contributed by atoms with E-state index in [1.807, 2.05) is 0 Å². The number of ether oxygens (including phenoxy) is 1. The van der Waals surface area contributed by atoms with Crippen LogP contribution < -0.4 is 0 Å². The molecular formula is C9H18O2. The molecule has 0 aliphatic carbocycles. The van der Waals surface area contributed by atoms with Crippen molar-refractivity contribution in [3.8, 4) is 0 Å². The van der Waals surface area contributed by atoms with Crippen LogP contribution in [-0.4, -0.2) is 11.6 Å². The van der Waals surface area contributed by atoms with Crippen LogP contribution in [0.4, 0.5) is 0 Å². The van der Waals surface area contributed by atoms with Crippen molar-refractivity contribution in [1.29, 1.82) is 0 Å². The summed E-state index contributed by atoms with van der Waals surface area (Å²) in [7, 11) is 0. The quantitative estimate of drug-likeness (QED) is 0.588. The van der Waals surface area contributed by atoms with Crippen LogP contribution >= 0.6 is 0 Å². The first-order valence-corrected chi connectivity index (χ1v) is 4.29. The molecule has 0 spiro atoms. The van der Waals surface area contributed by atoms with Crippen molar-refractivity contribution >= 4 is 5.97 Å². The Balaban J connectivity index is 4.16. The summed E-state index contributed by atoms with van der Waals surface area (Å²) in [5, 5.41) is 0. The summed E-state index contributed by atoms with van der Waals surface area (Å²) in [6.07, 6.45) is 2.71. The van der Waals surface area contributed by atoms with E-state index in [0.29, 0.717) is 0 Å². The van der Waals surface area contributed by atoms with Gasteiger partial charge in [-0.1, -0.05) is 20.8 Å². The third-order valence-electron chi connectivity index (χ3n) is 2.29. The third kappa shape index (κ3) is 2.91. The molecule has 0 aromatic rings. The van der Waals surface area contributed by atoms with Crippen molar-refractivity contribution in [2.45, 2.75) is 52.6 Å². The lowest BCUT2D eigenvalue weighted by atomic mass is 9.94. The molecule has 2 nitrogen and oxygen atoms in total. The van der Waals surface area contributed by atoms with Crippen LogP contribution in [0.25, 0.3) is 0 Å². The van der Waals surface area contributed by atoms with Crippen LogP contribution in [0.3, 0.4) is 0 Å². The van der Waals surface area contributed by atoms with E-state index in [0.717, 1.165) is 19.3 Å². The first-order chi connectivity index (χ1) is 5.10. The minimum absolute atomic E-state index is 0.171. The van der Waals surface area contributed by atoms with Gasteiger partial charge in [0.05, 0.1) is 0 Å². The highest BCUT2D eigenvalue weighted by Crippen LogP contribution is 2.24. The van der Waals surface area contributed by atoms with Crippen molar-refractivity contribution in [2.24, 2.45) is 0 Å². The van der Waals surface area contributed by atoms with Gasteiger partial charge in [0, 0.05) is 6.92 Å². The topological polar surface area (TPSA) is 26.3 Å². The van der Waals surface area contributed by atoms with Gasteiger partial charge in [0.15, 0.2) is 0 Å². The van der Waals surface area contributed by atoms with Crippen LogP contribution in [-0.2, 0) is 9.53 Å². The summed E-state index contributed by atoms with van der Waals surface area (Å²) in [6.45, 7) is 7.62. The second-order valence-electron chi connectivity index (χ2n) is 2.84. The van der Waals surface area contributed by atoms with Gasteiger partial charge in [0.2, 0.25) is 0 Å². The highest BCUT2D eigenvalue weighted by atomic mass is 16.6. The molecule has 0 fully saturated rings. The number of carbonyl (C=O) groups is 1. The van der Waals surface area contributed by atoms with Crippen LogP contribution in [0.2, 0.25) is 0 Å². The van der Waals surface area contributed by atoms with Crippen molar-refractivity contribution in [2.75, 3.05) is 0 Å². The summed E-state index contributed by atoms with van der Waals surface area (Å²) in [5.41, 5.74) is -0.203. The van der Waals surface area contributed by atoms with Crippen LogP contribution in [0.1, 0.15) is 47.0 Å². The molecule has 0 N–H and O–H groups in total. The maximum Gasteiger partial charge on any atom is 0.303 e. The van der Waals surface area contributed by atoms with Crippen molar-refractivity contribution in [1.82, 2.24) is 0 Å². The van der Waals surface area contributed by atoms with Gasteiger partial charge < -0.3 is 4.74 Å². The zero-order valence-corrected chi connectivity index (χ0v) is 7.94. The van der Waals surface area contributed by atoms with E-state index in [1.165, 1.54) is 6.92 Å². The SMILES string of the molecule is CCC(CC)(CC)OC(C)=O. The predicted octanol–water partition coefficient (Wildman–Crippen LogP) is 2.52. The summed E-state index contributed by atoms with van der Waals surface area (Å²) in [6, 6.07) is 0. The second-order valence-corrected chi connectivity index (χ2v) is 2.84. The Morgan fingerprint density at radius 1 is 1.18 bits per heavy atom. The molecule has 0 aromatic heterocycles. The molecule has 0 bridgehead atoms. The number of hydrogen-bond acceptors (Lipinski definition) is 2. The minimum Gasteiger partial charge on any atom is -0.459 e. The van der Waals surface area contributed by atoms with Gasteiger partial charge in [-0.15, -0.1) is 0 Å². The second kappa shape index (κ2) is 4.37. The first-order valence-electron chi connectivity index (χ1n) is 4.29. The van der Waals surface area contributed by atoms with Crippen LogP contribution in [0, 0.1) is 0 Å². The number of esters is 1. The van der Waals surface area contributed by atoms with E-state index in [1.54, 1.807) is 0 Å². The molecule has 0 saturated heterocycles. The Morgan fingerprint density at radius 2 is 1.55 bits per heavy atom. The summed E-state index contributed by atoms with van der Waals surface area (Å²) in [5.74, 6) is -0.171. The third-order valence-corrected chi connectivity index (χ3v) is 2.29. The monoisotopic (exact) mass is 158 g/mol. The lowest BCUT2D eigenvalue weighted by molar-refractivity contribution is -0.158. The first kappa shape index (κ1) is 10.5. The van der Waals surface area contributed by atoms with Gasteiger partial charge in [-0.05, 0) is 19.3 Å². The zero-order valence-electron chi connectivity index (χ0n) is 7.94. The maximum atomic E-state index is 10.7. The molecule has 0 heterocycles. The molecule has 0 rings (SSSR count). The molecule has 0 amide bonds. The van der Waals surface area contributed by atoms with Crippen LogP contribution in [0.15, 0.2) is 0 Å². The van der Waals surface area contributed by atoms with Gasteiger partial charge in [-0.3, -0.25) is 4.79 Å². The molecule has 11 heavy (non-hydrogen) atoms. The highest BCUT2D eigenvalue weighted by Gasteiger charge is 2.26. The smallest absolute Gasteiger partial charge is 0.303 e. The molecular weight excluding hydrogens is 140 g/mol. The average Bonchev–Trinajstić information content (AvgIpc) is 2.00. The van der Waals surface area contributed by atoms with E-state index in [2.05, 4.69) is 20.8 Å². The number of carbonyl (C=O) groups excluding carboxylic acids is 1. The molecule has 0 aliphatic heterocycles. The summed E-state index contributed by atoms with van der Waals surface area (Å²) < 4.78 is 5.25. The predicted molar refractivity (Wildman–Crippen MR) is 45.4 cm³/mol. The molecule has 0 saturated carbocycles. The fourth-order valence-corrected chi connectivity index (χ4v) is 1.27. The largest absolute Gasteiger partial charge is 0.459 e. The number of hydrogen-bond donors (Lipinski definition) is 0. The van der Waals surface area contributed by atoms with Gasteiger partial charge in [0.1, 0.15) is 5.60 Å². The van der Waals surface area contributed by atoms with E-state index in [-0.39, 0.29) is 11.6 Å². The highest BCUT2D eigenvalue weighted by molar-refractivity contribution is 5.66.